The first kappa shape index (κ1) is 21.0. The van der Waals surface area contributed by atoms with E-state index >= 15 is 0 Å². The highest BCUT2D eigenvalue weighted by molar-refractivity contribution is 5.96. The highest BCUT2D eigenvalue weighted by atomic mass is 16.5. The number of esters is 1. The number of fused-ring (bicyclic) bond motifs is 3. The number of aromatic nitrogens is 3. The van der Waals surface area contributed by atoms with Crippen LogP contribution in [0, 0.1) is 0 Å². The molecule has 3 aromatic rings. The van der Waals surface area contributed by atoms with Crippen molar-refractivity contribution >= 4 is 16.9 Å². The Morgan fingerprint density at radius 3 is 2.48 bits per heavy atom. The zero-order chi connectivity index (χ0) is 21.8. The Bertz CT molecular complexity index is 1070. The van der Waals surface area contributed by atoms with Gasteiger partial charge in [-0.05, 0) is 55.9 Å². The van der Waals surface area contributed by atoms with Crippen molar-refractivity contribution in [3.05, 3.63) is 41.1 Å². The van der Waals surface area contributed by atoms with Crippen molar-refractivity contribution in [1.29, 1.82) is 0 Å². The number of hydrogen-bond donors (Lipinski definition) is 0. The third kappa shape index (κ3) is 4.28. The molecule has 0 amide bonds. The summed E-state index contributed by atoms with van der Waals surface area (Å²) in [6.45, 7) is 1.27. The molecular formula is C23H27N3O5. The normalized spacial score (nSPS) is 13.0. The van der Waals surface area contributed by atoms with Gasteiger partial charge in [-0.2, -0.15) is 9.97 Å². The van der Waals surface area contributed by atoms with Gasteiger partial charge in [-0.3, -0.25) is 0 Å². The van der Waals surface area contributed by atoms with E-state index in [1.165, 1.54) is 45.4 Å². The van der Waals surface area contributed by atoms with Gasteiger partial charge in [0.05, 0.1) is 39.6 Å². The number of carbonyl (C=O) groups excluding carboxylic acids is 1. The Labute approximate surface area is 181 Å². The van der Waals surface area contributed by atoms with Gasteiger partial charge >= 0.3 is 12.0 Å². The molecule has 0 N–H and O–H groups in total. The fraction of sp³-hybridized carbons (Fsp3) is 0.435. The molecule has 1 aliphatic rings. The van der Waals surface area contributed by atoms with Gasteiger partial charge in [0, 0.05) is 23.1 Å². The minimum atomic E-state index is -0.304. The maximum Gasteiger partial charge on any atom is 0.337 e. The van der Waals surface area contributed by atoms with Crippen molar-refractivity contribution in [2.45, 2.75) is 38.6 Å². The molecule has 31 heavy (non-hydrogen) atoms. The summed E-state index contributed by atoms with van der Waals surface area (Å²) in [7, 11) is 4.49. The molecular weight excluding hydrogens is 398 g/mol. The van der Waals surface area contributed by atoms with Crippen LogP contribution < -0.4 is 14.2 Å². The van der Waals surface area contributed by atoms with Crippen LogP contribution >= 0.6 is 0 Å². The van der Waals surface area contributed by atoms with Crippen molar-refractivity contribution in [3.8, 4) is 17.8 Å². The SMILES string of the molecule is COC(=O)c1ccc2c(c1)c1c(n2CCCOc2nc(OC)cc(OC)n2)CCCC1. The molecule has 164 valence electrons. The summed E-state index contributed by atoms with van der Waals surface area (Å²) in [6, 6.07) is 7.67. The first-order chi connectivity index (χ1) is 15.1. The Hall–Kier alpha value is -3.29. The molecule has 0 spiro atoms. The monoisotopic (exact) mass is 425 g/mol. The molecule has 2 aromatic heterocycles. The van der Waals surface area contributed by atoms with Crippen LogP contribution in [-0.2, 0) is 24.1 Å². The fourth-order valence-corrected chi connectivity index (χ4v) is 4.18. The lowest BCUT2D eigenvalue weighted by atomic mass is 9.95. The Morgan fingerprint density at radius 1 is 1.03 bits per heavy atom. The maximum absolute atomic E-state index is 12.0. The van der Waals surface area contributed by atoms with E-state index in [1.54, 1.807) is 6.07 Å². The largest absolute Gasteiger partial charge is 0.481 e. The number of hydrogen-bond acceptors (Lipinski definition) is 7. The van der Waals surface area contributed by atoms with Gasteiger partial charge < -0.3 is 23.5 Å². The first-order valence-electron chi connectivity index (χ1n) is 10.5. The van der Waals surface area contributed by atoms with Gasteiger partial charge in [0.2, 0.25) is 11.8 Å². The summed E-state index contributed by atoms with van der Waals surface area (Å²) in [5, 5.41) is 1.15. The average Bonchev–Trinajstić information content (AvgIpc) is 3.14. The second-order valence-electron chi connectivity index (χ2n) is 7.44. The van der Waals surface area contributed by atoms with Crippen LogP contribution in [0.25, 0.3) is 10.9 Å². The van der Waals surface area contributed by atoms with Gasteiger partial charge in [0.1, 0.15) is 0 Å². The van der Waals surface area contributed by atoms with Crippen LogP contribution in [0.2, 0.25) is 0 Å². The average molecular weight is 425 g/mol. The van der Waals surface area contributed by atoms with E-state index in [0.717, 1.165) is 36.7 Å². The molecule has 0 fully saturated rings. The van der Waals surface area contributed by atoms with Gasteiger partial charge in [-0.1, -0.05) is 0 Å². The molecule has 2 heterocycles. The van der Waals surface area contributed by atoms with E-state index in [-0.39, 0.29) is 12.0 Å². The first-order valence-corrected chi connectivity index (χ1v) is 10.5. The third-order valence-electron chi connectivity index (χ3n) is 5.63. The Morgan fingerprint density at radius 2 is 1.77 bits per heavy atom. The van der Waals surface area contributed by atoms with Crippen LogP contribution in [0.5, 0.6) is 17.8 Å². The number of rotatable bonds is 8. The molecule has 0 aliphatic heterocycles. The molecule has 0 unspecified atom stereocenters. The summed E-state index contributed by atoms with van der Waals surface area (Å²) in [5.74, 6) is 0.490. The van der Waals surface area contributed by atoms with Gasteiger partial charge in [-0.15, -0.1) is 0 Å². The minimum Gasteiger partial charge on any atom is -0.481 e. The van der Waals surface area contributed by atoms with Crippen LogP contribution in [0.15, 0.2) is 24.3 Å². The van der Waals surface area contributed by atoms with Crippen LogP contribution in [0.4, 0.5) is 0 Å². The molecule has 0 bridgehead atoms. The lowest BCUT2D eigenvalue weighted by molar-refractivity contribution is 0.0601. The zero-order valence-electron chi connectivity index (χ0n) is 18.1. The Kier molecular flexibility index (Phi) is 6.25. The van der Waals surface area contributed by atoms with Crippen molar-refractivity contribution in [3.63, 3.8) is 0 Å². The standard InChI is InChI=1S/C23H27N3O5/c1-28-20-14-21(29-2)25-23(24-20)31-12-6-11-26-18-8-5-4-7-16(18)17-13-15(22(27)30-3)9-10-19(17)26/h9-10,13-14H,4-8,11-12H2,1-3H3. The predicted molar refractivity (Wildman–Crippen MR) is 115 cm³/mol. The highest BCUT2D eigenvalue weighted by Crippen LogP contribution is 2.33. The van der Waals surface area contributed by atoms with Crippen molar-refractivity contribution in [2.75, 3.05) is 27.9 Å². The fourth-order valence-electron chi connectivity index (χ4n) is 4.18. The number of carbonyl (C=O) groups is 1. The summed E-state index contributed by atoms with van der Waals surface area (Å²) in [6.07, 6.45) is 5.23. The molecule has 8 heteroatoms. The van der Waals surface area contributed by atoms with E-state index < -0.39 is 0 Å². The number of nitrogens with zero attached hydrogens (tertiary/aromatic N) is 3. The number of aryl methyl sites for hydroxylation is 2. The molecule has 0 saturated carbocycles. The number of benzene rings is 1. The van der Waals surface area contributed by atoms with E-state index in [1.807, 2.05) is 18.2 Å². The molecule has 4 rings (SSSR count). The highest BCUT2D eigenvalue weighted by Gasteiger charge is 2.21. The molecule has 0 saturated heterocycles. The van der Waals surface area contributed by atoms with Gasteiger partial charge in [-0.25, -0.2) is 4.79 Å². The van der Waals surface area contributed by atoms with Crippen molar-refractivity contribution in [2.24, 2.45) is 0 Å². The van der Waals surface area contributed by atoms with Crippen LogP contribution in [0.1, 0.15) is 40.9 Å². The van der Waals surface area contributed by atoms with E-state index in [2.05, 4.69) is 14.5 Å². The summed E-state index contributed by atoms with van der Waals surface area (Å²) >= 11 is 0. The predicted octanol–water partition coefficient (Wildman–Crippen LogP) is 3.58. The van der Waals surface area contributed by atoms with E-state index in [0.29, 0.717) is 23.9 Å². The number of ether oxygens (including phenoxy) is 4. The van der Waals surface area contributed by atoms with Crippen molar-refractivity contribution < 1.29 is 23.7 Å². The lowest BCUT2D eigenvalue weighted by Crippen LogP contribution is -2.11. The second kappa shape index (κ2) is 9.24. The summed E-state index contributed by atoms with van der Waals surface area (Å²) in [4.78, 5) is 20.4. The molecule has 0 atom stereocenters. The quantitative estimate of drug-likeness (QED) is 0.403. The summed E-state index contributed by atoms with van der Waals surface area (Å²) < 4.78 is 23.3. The lowest BCUT2D eigenvalue weighted by Gasteiger charge is -2.16. The maximum atomic E-state index is 12.0. The van der Waals surface area contributed by atoms with Crippen molar-refractivity contribution in [1.82, 2.24) is 14.5 Å². The molecule has 1 aliphatic carbocycles. The van der Waals surface area contributed by atoms with Gasteiger partial charge in [0.25, 0.3) is 0 Å². The Balaban J connectivity index is 1.51. The van der Waals surface area contributed by atoms with Crippen LogP contribution in [0.3, 0.4) is 0 Å². The van der Waals surface area contributed by atoms with E-state index in [4.69, 9.17) is 18.9 Å². The third-order valence-corrected chi connectivity index (χ3v) is 5.63. The summed E-state index contributed by atoms with van der Waals surface area (Å²) in [5.41, 5.74) is 4.46. The van der Waals surface area contributed by atoms with Gasteiger partial charge in [0.15, 0.2) is 0 Å². The smallest absolute Gasteiger partial charge is 0.337 e. The minimum absolute atomic E-state index is 0.235. The van der Waals surface area contributed by atoms with E-state index in [9.17, 15) is 4.79 Å². The topological polar surface area (TPSA) is 84.7 Å². The molecule has 8 nitrogen and oxygen atoms in total. The second-order valence-corrected chi connectivity index (χ2v) is 7.44. The molecule has 1 aromatic carbocycles. The number of methoxy groups -OCH3 is 3. The van der Waals surface area contributed by atoms with Crippen LogP contribution in [-0.4, -0.2) is 48.4 Å². The zero-order valence-corrected chi connectivity index (χ0v) is 18.1. The molecule has 0 radical (unpaired) electrons.